The summed E-state index contributed by atoms with van der Waals surface area (Å²) in [5, 5.41) is 9.55. The molecule has 2 nitrogen and oxygen atoms in total. The number of halogens is 2. The third-order valence-electron chi connectivity index (χ3n) is 1.78. The fourth-order valence-electron chi connectivity index (χ4n) is 1.09. The van der Waals surface area contributed by atoms with Crippen molar-refractivity contribution >= 4 is 15.9 Å². The summed E-state index contributed by atoms with van der Waals surface area (Å²) in [4.78, 5) is 0. The van der Waals surface area contributed by atoms with Crippen molar-refractivity contribution in [2.45, 2.75) is 12.5 Å². The van der Waals surface area contributed by atoms with Gasteiger partial charge in [-0.25, -0.2) is 4.39 Å². The highest BCUT2D eigenvalue weighted by Crippen LogP contribution is 2.27. The van der Waals surface area contributed by atoms with Crippen LogP contribution in [-0.4, -0.2) is 11.7 Å². The average molecular weight is 248 g/mol. The first-order valence-electron chi connectivity index (χ1n) is 3.99. The van der Waals surface area contributed by atoms with E-state index >= 15 is 0 Å². The van der Waals surface area contributed by atoms with Gasteiger partial charge in [-0.1, -0.05) is 12.1 Å². The summed E-state index contributed by atoms with van der Waals surface area (Å²) in [5.41, 5.74) is 5.83. The zero-order chi connectivity index (χ0) is 9.84. The van der Waals surface area contributed by atoms with Crippen LogP contribution in [0.5, 0.6) is 0 Å². The summed E-state index contributed by atoms with van der Waals surface area (Å²) >= 11 is 3.07. The van der Waals surface area contributed by atoms with Gasteiger partial charge >= 0.3 is 0 Å². The minimum Gasteiger partial charge on any atom is -0.388 e. The van der Waals surface area contributed by atoms with Crippen LogP contribution in [0.15, 0.2) is 22.7 Å². The van der Waals surface area contributed by atoms with Crippen LogP contribution in [-0.2, 0) is 0 Å². The molecule has 3 N–H and O–H groups in total. The third-order valence-corrected chi connectivity index (χ3v) is 2.62. The molecule has 0 amide bonds. The van der Waals surface area contributed by atoms with Gasteiger partial charge in [0.2, 0.25) is 0 Å². The van der Waals surface area contributed by atoms with E-state index in [0.717, 1.165) is 0 Å². The van der Waals surface area contributed by atoms with Gasteiger partial charge in [0.15, 0.2) is 0 Å². The number of hydrogen-bond donors (Lipinski definition) is 2. The van der Waals surface area contributed by atoms with E-state index in [2.05, 4.69) is 15.9 Å². The van der Waals surface area contributed by atoms with Gasteiger partial charge in [-0.2, -0.15) is 0 Å². The summed E-state index contributed by atoms with van der Waals surface area (Å²) in [6, 6.07) is 4.57. The van der Waals surface area contributed by atoms with E-state index in [9.17, 15) is 9.50 Å². The van der Waals surface area contributed by atoms with Crippen molar-refractivity contribution in [3.63, 3.8) is 0 Å². The molecule has 0 fully saturated rings. The number of rotatable bonds is 3. The van der Waals surface area contributed by atoms with Crippen LogP contribution in [0.2, 0.25) is 0 Å². The molecular formula is C9H11BrFNO. The van der Waals surface area contributed by atoms with E-state index in [1.807, 2.05) is 0 Å². The summed E-state index contributed by atoms with van der Waals surface area (Å²) in [7, 11) is 0. The van der Waals surface area contributed by atoms with E-state index in [-0.39, 0.29) is 5.82 Å². The minimum atomic E-state index is -0.699. The Hall–Kier alpha value is -0.450. The fraction of sp³-hybridized carbons (Fsp3) is 0.333. The number of nitrogens with two attached hydrogens (primary N) is 1. The molecule has 1 aromatic carbocycles. The lowest BCUT2D eigenvalue weighted by Gasteiger charge is -2.11. The topological polar surface area (TPSA) is 46.2 Å². The van der Waals surface area contributed by atoms with Gasteiger partial charge in [0.05, 0.1) is 10.6 Å². The smallest absolute Gasteiger partial charge is 0.137 e. The van der Waals surface area contributed by atoms with Crippen LogP contribution in [0.25, 0.3) is 0 Å². The molecule has 0 aliphatic heterocycles. The first kappa shape index (κ1) is 10.6. The number of aliphatic hydroxyl groups excluding tert-OH is 1. The molecule has 1 aromatic rings. The molecule has 4 heteroatoms. The van der Waals surface area contributed by atoms with E-state index in [0.29, 0.717) is 23.0 Å². The monoisotopic (exact) mass is 247 g/mol. The maximum atomic E-state index is 13.0. The van der Waals surface area contributed by atoms with Gasteiger partial charge in [-0.05, 0) is 40.5 Å². The number of aliphatic hydroxyl groups is 1. The van der Waals surface area contributed by atoms with Crippen LogP contribution < -0.4 is 5.73 Å². The second kappa shape index (κ2) is 4.69. The lowest BCUT2D eigenvalue weighted by Crippen LogP contribution is -2.07. The molecule has 0 aliphatic rings. The van der Waals surface area contributed by atoms with E-state index < -0.39 is 6.10 Å². The quantitative estimate of drug-likeness (QED) is 0.858. The molecular weight excluding hydrogens is 237 g/mol. The van der Waals surface area contributed by atoms with E-state index in [4.69, 9.17) is 5.73 Å². The van der Waals surface area contributed by atoms with Crippen molar-refractivity contribution in [1.82, 2.24) is 0 Å². The Labute approximate surface area is 84.7 Å². The van der Waals surface area contributed by atoms with Gasteiger partial charge in [-0.15, -0.1) is 0 Å². The lowest BCUT2D eigenvalue weighted by molar-refractivity contribution is 0.169. The normalized spacial score (nSPS) is 12.9. The van der Waals surface area contributed by atoms with Crippen LogP contribution >= 0.6 is 15.9 Å². The van der Waals surface area contributed by atoms with Crippen LogP contribution in [0.1, 0.15) is 18.1 Å². The summed E-state index contributed by atoms with van der Waals surface area (Å²) in [6.07, 6.45) is -0.266. The fourth-order valence-corrected chi connectivity index (χ4v) is 1.62. The maximum Gasteiger partial charge on any atom is 0.137 e. The van der Waals surface area contributed by atoms with Crippen molar-refractivity contribution in [2.24, 2.45) is 5.73 Å². The van der Waals surface area contributed by atoms with Crippen molar-refractivity contribution < 1.29 is 9.50 Å². The largest absolute Gasteiger partial charge is 0.388 e. The van der Waals surface area contributed by atoms with Gasteiger partial charge in [0, 0.05) is 0 Å². The zero-order valence-electron chi connectivity index (χ0n) is 7.00. The van der Waals surface area contributed by atoms with Crippen LogP contribution in [0.4, 0.5) is 4.39 Å². The Morgan fingerprint density at radius 2 is 2.23 bits per heavy atom. The van der Waals surface area contributed by atoms with Gasteiger partial charge in [0.1, 0.15) is 5.82 Å². The summed E-state index contributed by atoms with van der Waals surface area (Å²) < 4.78 is 13.3. The molecule has 1 rings (SSSR count). The highest BCUT2D eigenvalue weighted by Gasteiger charge is 2.12. The molecule has 0 bridgehead atoms. The Morgan fingerprint density at radius 3 is 2.85 bits per heavy atom. The first-order valence-corrected chi connectivity index (χ1v) is 4.78. The predicted octanol–water partition coefficient (Wildman–Crippen LogP) is 1.97. The summed E-state index contributed by atoms with van der Waals surface area (Å²) in [6.45, 7) is 0.379. The van der Waals surface area contributed by atoms with Crippen molar-refractivity contribution in [3.8, 4) is 0 Å². The Bertz CT molecular complexity index is 293. The third kappa shape index (κ3) is 2.49. The van der Waals surface area contributed by atoms with Crippen LogP contribution in [0.3, 0.4) is 0 Å². The lowest BCUT2D eigenvalue weighted by atomic mass is 10.1. The standard InChI is InChI=1S/C9H11BrFNO/c10-9-6(8(13)4-5-12)2-1-3-7(9)11/h1-3,8,13H,4-5,12H2/t8-/m1/s1. The molecule has 1 atom stereocenters. The highest BCUT2D eigenvalue weighted by atomic mass is 79.9. The minimum absolute atomic E-state index is 0.316. The first-order chi connectivity index (χ1) is 6.16. The number of hydrogen-bond acceptors (Lipinski definition) is 2. The Morgan fingerprint density at radius 1 is 1.54 bits per heavy atom. The molecule has 0 unspecified atom stereocenters. The molecule has 0 heterocycles. The van der Waals surface area contributed by atoms with E-state index in [1.165, 1.54) is 6.07 Å². The number of benzene rings is 1. The molecule has 0 saturated heterocycles. The predicted molar refractivity (Wildman–Crippen MR) is 52.7 cm³/mol. The Kier molecular flexibility index (Phi) is 3.84. The average Bonchev–Trinajstić information content (AvgIpc) is 2.10. The molecule has 0 saturated carbocycles. The molecule has 0 aromatic heterocycles. The van der Waals surface area contributed by atoms with Gasteiger partial charge < -0.3 is 10.8 Å². The van der Waals surface area contributed by atoms with Crippen molar-refractivity contribution in [1.29, 1.82) is 0 Å². The molecule has 0 aliphatic carbocycles. The SMILES string of the molecule is NCC[C@@H](O)c1cccc(F)c1Br. The highest BCUT2D eigenvalue weighted by molar-refractivity contribution is 9.10. The van der Waals surface area contributed by atoms with E-state index in [1.54, 1.807) is 12.1 Å². The molecule has 13 heavy (non-hydrogen) atoms. The van der Waals surface area contributed by atoms with Crippen LogP contribution in [0, 0.1) is 5.82 Å². The Balaban J connectivity index is 2.93. The van der Waals surface area contributed by atoms with Gasteiger partial charge in [0.25, 0.3) is 0 Å². The summed E-state index contributed by atoms with van der Waals surface area (Å²) in [5.74, 6) is -0.367. The molecule has 0 spiro atoms. The zero-order valence-corrected chi connectivity index (χ0v) is 8.59. The van der Waals surface area contributed by atoms with Crippen molar-refractivity contribution in [3.05, 3.63) is 34.1 Å². The molecule has 72 valence electrons. The van der Waals surface area contributed by atoms with Gasteiger partial charge in [-0.3, -0.25) is 0 Å². The maximum absolute atomic E-state index is 13.0. The second-order valence-corrected chi connectivity index (χ2v) is 3.53. The second-order valence-electron chi connectivity index (χ2n) is 2.74. The van der Waals surface area contributed by atoms with Crippen molar-refractivity contribution in [2.75, 3.05) is 6.54 Å². The molecule has 0 radical (unpaired) electrons.